The summed E-state index contributed by atoms with van der Waals surface area (Å²) in [7, 11) is -3.34. The van der Waals surface area contributed by atoms with Gasteiger partial charge < -0.3 is 9.47 Å². The van der Waals surface area contributed by atoms with Gasteiger partial charge in [0, 0.05) is 27.3 Å². The second-order valence-corrected chi connectivity index (χ2v) is 19.7. The summed E-state index contributed by atoms with van der Waals surface area (Å²) in [5, 5.41) is 3.62. The van der Waals surface area contributed by atoms with Gasteiger partial charge in [0.15, 0.2) is 0 Å². The van der Waals surface area contributed by atoms with E-state index in [1.807, 2.05) is 42.5 Å². The van der Waals surface area contributed by atoms with Crippen molar-refractivity contribution in [2.24, 2.45) is 0 Å². The standard InChI is InChI=1S/C59H40N2O2Si/c1-39-30-35-52-57(63-58-59(61-37-36-60-58)64(52)50-28-16-14-26-48(50)62-49-27-15-17-29-51(49)64)53(39)44-31-33-45(34-32-44)56-54(42-22-10-4-11-23-42)46(40-18-6-2-7-19-40)38-47(41-20-8-3-9-21-41)55(56)43-24-12-5-13-25-43/h2-38H,1H3/i1D3. The molecule has 10 aromatic rings. The Labute approximate surface area is 378 Å². The second kappa shape index (κ2) is 15.3. The molecule has 0 N–H and O–H groups in total. The van der Waals surface area contributed by atoms with Crippen LogP contribution < -0.4 is 30.4 Å². The first kappa shape index (κ1) is 34.5. The Hall–Kier alpha value is -8.12. The van der Waals surface area contributed by atoms with Crippen molar-refractivity contribution in [1.29, 1.82) is 0 Å². The summed E-state index contributed by atoms with van der Waals surface area (Å²) in [6, 6.07) is 73.0. The van der Waals surface area contributed by atoms with Crippen molar-refractivity contribution in [2.45, 2.75) is 6.85 Å². The summed E-state index contributed by atoms with van der Waals surface area (Å²) in [6.07, 6.45) is 3.34. The van der Waals surface area contributed by atoms with E-state index in [4.69, 9.17) is 23.6 Å². The molecule has 302 valence electrons. The molecule has 5 heteroatoms. The number of aromatic nitrogens is 2. The van der Waals surface area contributed by atoms with Gasteiger partial charge in [-0.2, -0.15) is 0 Å². The molecule has 0 aliphatic carbocycles. The number of hydrogen-bond donors (Lipinski definition) is 0. The highest BCUT2D eigenvalue weighted by Gasteiger charge is 2.55. The van der Waals surface area contributed by atoms with Gasteiger partial charge >= 0.3 is 0 Å². The molecular formula is C59H40N2O2Si. The maximum absolute atomic E-state index is 8.97. The van der Waals surface area contributed by atoms with Crippen molar-refractivity contribution in [3.8, 4) is 89.9 Å². The maximum Gasteiger partial charge on any atom is 0.237 e. The monoisotopic (exact) mass is 839 g/mol. The predicted molar refractivity (Wildman–Crippen MR) is 263 cm³/mol. The number of ether oxygens (including phenoxy) is 2. The molecular weight excluding hydrogens is 797 g/mol. The van der Waals surface area contributed by atoms with Gasteiger partial charge in [-0.1, -0.05) is 194 Å². The molecule has 2 aliphatic rings. The fourth-order valence-electron chi connectivity index (χ4n) is 9.97. The van der Waals surface area contributed by atoms with E-state index in [1.54, 1.807) is 18.5 Å². The van der Waals surface area contributed by atoms with Crippen LogP contribution in [-0.2, 0) is 0 Å². The van der Waals surface area contributed by atoms with E-state index in [1.165, 1.54) is 0 Å². The van der Waals surface area contributed by atoms with E-state index in [-0.39, 0.29) is 5.56 Å². The Balaban J connectivity index is 1.15. The molecule has 0 amide bonds. The second-order valence-electron chi connectivity index (χ2n) is 16.2. The molecule has 9 aromatic carbocycles. The van der Waals surface area contributed by atoms with Gasteiger partial charge in [0.1, 0.15) is 22.6 Å². The maximum atomic E-state index is 8.97. The lowest BCUT2D eigenvalue weighted by molar-refractivity contribution is 0.465. The Bertz CT molecular complexity index is 3330. The smallest absolute Gasteiger partial charge is 0.237 e. The Kier molecular flexibility index (Phi) is 8.26. The molecule has 0 fully saturated rings. The lowest BCUT2D eigenvalue weighted by Gasteiger charge is -2.42. The van der Waals surface area contributed by atoms with Crippen molar-refractivity contribution in [2.75, 3.05) is 0 Å². The summed E-state index contributed by atoms with van der Waals surface area (Å²) in [5.41, 5.74) is 12.2. The number of aryl methyl sites for hydroxylation is 1. The van der Waals surface area contributed by atoms with E-state index in [0.717, 1.165) is 88.0 Å². The predicted octanol–water partition coefficient (Wildman–Crippen LogP) is 12.4. The normalized spacial score (nSPS) is 13.7. The quantitative estimate of drug-likeness (QED) is 0.157. The first-order valence-corrected chi connectivity index (χ1v) is 23.5. The molecule has 12 rings (SSSR count). The highest BCUT2D eigenvalue weighted by Crippen LogP contribution is 2.51. The molecule has 0 unspecified atom stereocenters. The minimum absolute atomic E-state index is 0.191. The lowest BCUT2D eigenvalue weighted by atomic mass is 9.78. The molecule has 0 saturated carbocycles. The minimum Gasteiger partial charge on any atom is -0.458 e. The third-order valence-corrected chi connectivity index (χ3v) is 17.4. The van der Waals surface area contributed by atoms with E-state index < -0.39 is 14.9 Å². The highest BCUT2D eigenvalue weighted by molar-refractivity contribution is 7.21. The zero-order valence-corrected chi connectivity index (χ0v) is 35.6. The number of benzene rings is 9. The third kappa shape index (κ3) is 5.89. The van der Waals surface area contributed by atoms with Gasteiger partial charge in [-0.15, -0.1) is 0 Å². The fraction of sp³-hybridized carbons (Fsp3) is 0.0169. The minimum atomic E-state index is -3.34. The van der Waals surface area contributed by atoms with Gasteiger partial charge in [0.05, 0.1) is 0 Å². The molecule has 2 aliphatic heterocycles. The number of fused-ring (bicyclic) bond motifs is 8. The van der Waals surface area contributed by atoms with Crippen molar-refractivity contribution in [3.05, 3.63) is 230 Å². The van der Waals surface area contributed by atoms with Gasteiger partial charge in [0.2, 0.25) is 14.0 Å². The van der Waals surface area contributed by atoms with Gasteiger partial charge in [-0.3, -0.25) is 4.98 Å². The van der Waals surface area contributed by atoms with Gasteiger partial charge in [0.25, 0.3) is 0 Å². The van der Waals surface area contributed by atoms with Crippen LogP contribution >= 0.6 is 0 Å². The molecule has 0 atom stereocenters. The average molecular weight is 840 g/mol. The average Bonchev–Trinajstić information content (AvgIpc) is 3.38. The summed E-state index contributed by atoms with van der Waals surface area (Å²) < 4.78 is 40.4. The SMILES string of the molecule is [2H]C([2H])([2H])c1ccc2c(c1-c1ccc(-c3c(-c4ccccc4)c(-c4ccccc4)cc(-c4ccccc4)c3-c3ccccc3)cc1)Oc1nccnc1[Si]21c2ccccc2Oc2ccccc21. The molecule has 0 bridgehead atoms. The van der Waals surface area contributed by atoms with Crippen LogP contribution in [0, 0.1) is 6.85 Å². The summed E-state index contributed by atoms with van der Waals surface area (Å²) >= 11 is 0. The number of para-hydroxylation sites is 2. The molecule has 0 saturated heterocycles. The highest BCUT2D eigenvalue weighted by atomic mass is 28.3. The Morgan fingerprint density at radius 2 is 0.844 bits per heavy atom. The van der Waals surface area contributed by atoms with Gasteiger partial charge in [-0.25, -0.2) is 4.98 Å². The van der Waals surface area contributed by atoms with Crippen LogP contribution in [0.5, 0.6) is 23.1 Å². The van der Waals surface area contributed by atoms with Crippen molar-refractivity contribution in [3.63, 3.8) is 0 Å². The van der Waals surface area contributed by atoms with Crippen LogP contribution in [0.15, 0.2) is 225 Å². The summed E-state index contributed by atoms with van der Waals surface area (Å²) in [5.74, 6) is 2.30. The summed E-state index contributed by atoms with van der Waals surface area (Å²) in [4.78, 5) is 9.85. The zero-order valence-electron chi connectivity index (χ0n) is 37.6. The van der Waals surface area contributed by atoms with Crippen LogP contribution in [0.3, 0.4) is 0 Å². The fourth-order valence-corrected chi connectivity index (χ4v) is 14.9. The van der Waals surface area contributed by atoms with E-state index in [9.17, 15) is 0 Å². The molecule has 1 spiro atoms. The van der Waals surface area contributed by atoms with Crippen LogP contribution in [0.25, 0.3) is 66.8 Å². The van der Waals surface area contributed by atoms with E-state index >= 15 is 0 Å². The van der Waals surface area contributed by atoms with Crippen molar-refractivity contribution < 1.29 is 13.6 Å². The van der Waals surface area contributed by atoms with Crippen LogP contribution in [0.4, 0.5) is 0 Å². The van der Waals surface area contributed by atoms with Crippen molar-refractivity contribution >= 4 is 29.0 Å². The first-order valence-electron chi connectivity index (χ1n) is 23.0. The largest absolute Gasteiger partial charge is 0.458 e. The lowest BCUT2D eigenvalue weighted by Crippen LogP contribution is -2.78. The molecule has 4 nitrogen and oxygen atoms in total. The van der Waals surface area contributed by atoms with Crippen LogP contribution in [-0.4, -0.2) is 18.0 Å². The summed E-state index contributed by atoms with van der Waals surface area (Å²) in [6.45, 7) is -2.48. The van der Waals surface area contributed by atoms with Gasteiger partial charge in [-0.05, 0) is 102 Å². The Morgan fingerprint density at radius 3 is 1.38 bits per heavy atom. The van der Waals surface area contributed by atoms with E-state index in [2.05, 4.69) is 164 Å². The van der Waals surface area contributed by atoms with Crippen LogP contribution in [0.2, 0.25) is 0 Å². The number of rotatable bonds is 6. The Morgan fingerprint density at radius 1 is 0.391 bits per heavy atom. The molecule has 1 aromatic heterocycles. The zero-order chi connectivity index (χ0) is 45.1. The number of hydrogen-bond acceptors (Lipinski definition) is 4. The number of nitrogens with zero attached hydrogens (tertiary/aromatic N) is 2. The van der Waals surface area contributed by atoms with Crippen LogP contribution in [0.1, 0.15) is 9.68 Å². The molecule has 64 heavy (non-hydrogen) atoms. The molecule has 0 radical (unpaired) electrons. The van der Waals surface area contributed by atoms with E-state index in [0.29, 0.717) is 22.8 Å². The molecule has 3 heterocycles. The first-order chi connectivity index (χ1) is 32.9. The topological polar surface area (TPSA) is 44.2 Å². The van der Waals surface area contributed by atoms with Crippen molar-refractivity contribution in [1.82, 2.24) is 9.97 Å². The third-order valence-electron chi connectivity index (χ3n) is 12.7.